The second-order valence-corrected chi connectivity index (χ2v) is 9.38. The molecule has 11 heteroatoms. The van der Waals surface area contributed by atoms with Crippen molar-refractivity contribution in [1.82, 2.24) is 0 Å². The SMILES string of the molecule is CCCc1cc2cc(C(C)C)ccc2[s+]1C(F)(F)F.O=S(=O)([O-])C(F)(F)F. The summed E-state index contributed by atoms with van der Waals surface area (Å²) in [5.74, 6) is 0.335. The zero-order valence-electron chi connectivity index (χ0n) is 14.6. The lowest BCUT2D eigenvalue weighted by molar-refractivity contribution is -0.0867. The summed E-state index contributed by atoms with van der Waals surface area (Å²) < 4.78 is 99.1. The molecule has 1 aromatic carbocycles. The third kappa shape index (κ3) is 6.08. The fraction of sp³-hybridized carbons (Fsp3) is 0.500. The summed E-state index contributed by atoms with van der Waals surface area (Å²) in [5, 5.41) is 0.760. The monoisotopic (exact) mass is 436 g/mol. The normalized spacial score (nSPS) is 13.7. The maximum Gasteiger partial charge on any atom is 0.600 e. The van der Waals surface area contributed by atoms with E-state index in [1.54, 1.807) is 12.1 Å². The fourth-order valence-electron chi connectivity index (χ4n) is 2.29. The van der Waals surface area contributed by atoms with Crippen LogP contribution in [-0.2, 0) is 22.0 Å². The van der Waals surface area contributed by atoms with Gasteiger partial charge in [-0.1, -0.05) is 26.8 Å². The van der Waals surface area contributed by atoms with Gasteiger partial charge in [-0.25, -0.2) is 8.42 Å². The Hall–Kier alpha value is -1.33. The van der Waals surface area contributed by atoms with Crippen LogP contribution in [0.4, 0.5) is 26.3 Å². The highest BCUT2D eigenvalue weighted by Gasteiger charge is 2.47. The Balaban J connectivity index is 0.000000387. The second kappa shape index (κ2) is 8.36. The van der Waals surface area contributed by atoms with E-state index in [0.29, 0.717) is 21.9 Å². The summed E-state index contributed by atoms with van der Waals surface area (Å²) in [4.78, 5) is 0.533. The lowest BCUT2D eigenvalue weighted by Gasteiger charge is -2.08. The summed E-state index contributed by atoms with van der Waals surface area (Å²) in [6, 6.07) is 7.16. The van der Waals surface area contributed by atoms with E-state index in [9.17, 15) is 26.3 Å². The van der Waals surface area contributed by atoms with Crippen LogP contribution < -0.4 is 0 Å². The highest BCUT2D eigenvalue weighted by molar-refractivity contribution is 7.86. The van der Waals surface area contributed by atoms with Crippen molar-refractivity contribution in [2.75, 3.05) is 0 Å². The van der Waals surface area contributed by atoms with Crippen molar-refractivity contribution in [3.05, 3.63) is 34.7 Å². The van der Waals surface area contributed by atoms with Crippen LogP contribution in [0.3, 0.4) is 0 Å². The number of fused-ring (bicyclic) bond motifs is 1. The summed E-state index contributed by atoms with van der Waals surface area (Å²) >= 11 is 0. The molecule has 0 aliphatic carbocycles. The molecule has 0 saturated carbocycles. The van der Waals surface area contributed by atoms with Crippen molar-refractivity contribution in [1.29, 1.82) is 0 Å². The molecule has 27 heavy (non-hydrogen) atoms. The van der Waals surface area contributed by atoms with Gasteiger partial charge >= 0.3 is 11.0 Å². The summed E-state index contributed by atoms with van der Waals surface area (Å²) in [5.41, 5.74) is -8.71. The minimum Gasteiger partial charge on any atom is -0.741 e. The molecule has 2 aromatic rings. The van der Waals surface area contributed by atoms with Gasteiger partial charge in [0.15, 0.2) is 19.7 Å². The van der Waals surface area contributed by atoms with Gasteiger partial charge in [-0.05, 0) is 30.0 Å². The van der Waals surface area contributed by atoms with E-state index in [1.807, 2.05) is 19.1 Å². The zero-order chi connectivity index (χ0) is 21.2. The molecule has 0 aliphatic rings. The van der Waals surface area contributed by atoms with Gasteiger partial charge in [-0.15, -0.1) is 13.2 Å². The number of thiophene rings is 1. The van der Waals surface area contributed by atoms with E-state index in [0.717, 1.165) is 17.4 Å². The molecule has 0 fully saturated rings. The molecule has 154 valence electrons. The summed E-state index contributed by atoms with van der Waals surface area (Å²) in [7, 11) is -7.81. The van der Waals surface area contributed by atoms with Gasteiger partial charge in [0, 0.05) is 17.9 Å². The van der Waals surface area contributed by atoms with Crippen LogP contribution in [0.2, 0.25) is 0 Å². The molecule has 0 spiro atoms. The van der Waals surface area contributed by atoms with Gasteiger partial charge in [0.1, 0.15) is 0 Å². The lowest BCUT2D eigenvalue weighted by atomic mass is 10.0. The van der Waals surface area contributed by atoms with Gasteiger partial charge in [-0.3, -0.25) is 0 Å². The van der Waals surface area contributed by atoms with Crippen LogP contribution in [-0.4, -0.2) is 18.5 Å². The molecule has 1 atom stereocenters. The fourth-order valence-corrected chi connectivity index (χ4v) is 4.33. The molecule has 0 aliphatic heterocycles. The van der Waals surface area contributed by atoms with Gasteiger partial charge in [0.05, 0.1) is 10.5 Å². The highest BCUT2D eigenvalue weighted by atomic mass is 32.2. The third-order valence-corrected chi connectivity index (χ3v) is 6.20. The Kier molecular flexibility index (Phi) is 7.34. The van der Waals surface area contributed by atoms with E-state index >= 15 is 0 Å². The minimum absolute atomic E-state index is 0.335. The number of aryl methyl sites for hydroxylation is 1. The van der Waals surface area contributed by atoms with E-state index in [-0.39, 0.29) is 0 Å². The number of benzene rings is 1. The number of hydrogen-bond donors (Lipinski definition) is 0. The predicted molar refractivity (Wildman–Crippen MR) is 91.6 cm³/mol. The molecule has 0 bridgehead atoms. The Labute approximate surface area is 155 Å². The van der Waals surface area contributed by atoms with Crippen LogP contribution in [0.25, 0.3) is 10.1 Å². The van der Waals surface area contributed by atoms with Crippen molar-refractivity contribution >= 4 is 30.7 Å². The molecule has 0 radical (unpaired) electrons. The van der Waals surface area contributed by atoms with Gasteiger partial charge in [0.25, 0.3) is 0 Å². The standard InChI is InChI=1S/C15H18F3S.CHF3O3S/c1-4-5-13-9-12-8-11(10(2)3)6-7-14(12)19(13)15(16,17)18;2-1(3,4)8(5,6)7/h6-10H,4-5H2,1-3H3;(H,5,6,7)/q+1;/p-1. The maximum atomic E-state index is 13.2. The van der Waals surface area contributed by atoms with Crippen molar-refractivity contribution in [3.63, 3.8) is 0 Å². The molecule has 1 unspecified atom stereocenters. The largest absolute Gasteiger partial charge is 0.741 e. The lowest BCUT2D eigenvalue weighted by Crippen LogP contribution is -2.21. The summed E-state index contributed by atoms with van der Waals surface area (Å²) in [6.45, 7) is 6.02. The Morgan fingerprint density at radius 1 is 1.07 bits per heavy atom. The van der Waals surface area contributed by atoms with Crippen LogP contribution >= 0.6 is 10.5 Å². The van der Waals surface area contributed by atoms with Crippen LogP contribution in [0.5, 0.6) is 0 Å². The first-order valence-electron chi connectivity index (χ1n) is 7.77. The molecular formula is C16H18F6O3S2. The molecule has 1 aromatic heterocycles. The van der Waals surface area contributed by atoms with Crippen molar-refractivity contribution in [3.8, 4) is 0 Å². The average Bonchev–Trinajstić information content (AvgIpc) is 2.82. The van der Waals surface area contributed by atoms with Crippen molar-refractivity contribution in [2.45, 2.75) is 50.5 Å². The Morgan fingerprint density at radius 2 is 1.59 bits per heavy atom. The van der Waals surface area contributed by atoms with Crippen molar-refractivity contribution in [2.24, 2.45) is 0 Å². The third-order valence-electron chi connectivity index (χ3n) is 3.51. The topological polar surface area (TPSA) is 57.2 Å². The highest BCUT2D eigenvalue weighted by Crippen LogP contribution is 2.51. The second-order valence-electron chi connectivity index (χ2n) is 5.96. The van der Waals surface area contributed by atoms with Crippen molar-refractivity contribution < 1.29 is 39.3 Å². The first-order chi connectivity index (χ1) is 12.1. The quantitative estimate of drug-likeness (QED) is 0.249. The molecule has 1 heterocycles. The first-order valence-corrected chi connectivity index (χ1v) is 10.4. The van der Waals surface area contributed by atoms with Crippen LogP contribution in [0.15, 0.2) is 24.3 Å². The van der Waals surface area contributed by atoms with Gasteiger partial charge in [0.2, 0.25) is 0 Å². The predicted octanol–water partition coefficient (Wildman–Crippen LogP) is 6.19. The molecule has 0 saturated heterocycles. The van der Waals surface area contributed by atoms with Gasteiger partial charge in [-0.2, -0.15) is 13.2 Å². The molecule has 0 amide bonds. The van der Waals surface area contributed by atoms with Crippen LogP contribution in [0.1, 0.15) is 43.6 Å². The molecule has 2 rings (SSSR count). The van der Waals surface area contributed by atoms with Gasteiger partial charge < -0.3 is 4.55 Å². The van der Waals surface area contributed by atoms with E-state index in [4.69, 9.17) is 13.0 Å². The van der Waals surface area contributed by atoms with E-state index < -0.39 is 31.6 Å². The molecular weight excluding hydrogens is 418 g/mol. The number of halogens is 6. The summed E-state index contributed by atoms with van der Waals surface area (Å²) in [6.07, 6.45) is 1.27. The molecule has 0 N–H and O–H groups in total. The number of hydrogen-bond acceptors (Lipinski definition) is 3. The number of rotatable bonds is 3. The average molecular weight is 436 g/mol. The minimum atomic E-state index is -6.09. The van der Waals surface area contributed by atoms with E-state index in [2.05, 4.69) is 13.8 Å². The smallest absolute Gasteiger partial charge is 0.600 e. The van der Waals surface area contributed by atoms with E-state index in [1.165, 1.54) is 0 Å². The molecule has 3 nitrogen and oxygen atoms in total. The first kappa shape index (κ1) is 23.7. The Morgan fingerprint density at radius 3 is 1.96 bits per heavy atom. The zero-order valence-corrected chi connectivity index (χ0v) is 16.2. The Bertz CT molecular complexity index is 880. The van der Waals surface area contributed by atoms with Crippen LogP contribution in [0, 0.1) is 0 Å². The maximum absolute atomic E-state index is 13.2. The number of alkyl halides is 6.